The van der Waals surface area contributed by atoms with E-state index in [9.17, 15) is 0 Å². The summed E-state index contributed by atoms with van der Waals surface area (Å²) >= 11 is 0. The minimum absolute atomic E-state index is 0.227. The number of para-hydroxylation sites is 2. The molecule has 1 heteroatoms. The van der Waals surface area contributed by atoms with Crippen molar-refractivity contribution in [3.63, 3.8) is 0 Å². The summed E-state index contributed by atoms with van der Waals surface area (Å²) in [6.45, 7) is 4.80. The lowest BCUT2D eigenvalue weighted by molar-refractivity contribution is 0.661. The Morgan fingerprint density at radius 1 is 0.315 bits per heavy atom. The lowest BCUT2D eigenvalue weighted by Gasteiger charge is -2.28. The molecule has 0 saturated heterocycles. The molecule has 0 amide bonds. The van der Waals surface area contributed by atoms with E-state index in [1.54, 1.807) is 0 Å². The molecule has 9 aromatic carbocycles. The van der Waals surface area contributed by atoms with Crippen molar-refractivity contribution < 1.29 is 0 Å². The molecule has 1 aliphatic rings. The van der Waals surface area contributed by atoms with Gasteiger partial charge in [0.05, 0.1) is 0 Å². The molecule has 0 atom stereocenters. The normalized spacial score (nSPS) is 12.8. The topological polar surface area (TPSA) is 3.24 Å². The second-order valence-electron chi connectivity index (χ2n) is 14.9. The quantitative estimate of drug-likeness (QED) is 0.157. The van der Waals surface area contributed by atoms with Crippen LogP contribution in [0.2, 0.25) is 0 Å². The van der Waals surface area contributed by atoms with Crippen molar-refractivity contribution in [3.05, 3.63) is 211 Å². The van der Waals surface area contributed by atoms with E-state index in [0.29, 0.717) is 0 Å². The van der Waals surface area contributed by atoms with Gasteiger partial charge in [-0.1, -0.05) is 159 Å². The Morgan fingerprint density at radius 3 is 1.35 bits per heavy atom. The first kappa shape index (κ1) is 32.0. The standard InChI is InChI=1S/C53H39N/c1-53(2)49-33-42(54(40-24-14-6-15-25-40)41-26-16-7-17-27-41)29-31-43(49)45-34-47-48(35-50(45)53)52(38-22-12-5-13-23-38)46-32-39(36-18-8-3-9-19-36)28-30-44(46)51(47)37-20-10-4-11-21-37/h3-35H,1-2H3. The summed E-state index contributed by atoms with van der Waals surface area (Å²) < 4.78 is 0. The Bertz CT molecular complexity index is 2770. The number of rotatable bonds is 6. The fourth-order valence-electron chi connectivity index (χ4n) is 8.82. The molecule has 0 spiro atoms. The van der Waals surface area contributed by atoms with E-state index >= 15 is 0 Å². The van der Waals surface area contributed by atoms with Crippen molar-refractivity contribution in [2.24, 2.45) is 0 Å². The van der Waals surface area contributed by atoms with E-state index in [1.165, 1.54) is 77.2 Å². The smallest absolute Gasteiger partial charge is 0.0465 e. The molecule has 1 aliphatic carbocycles. The summed E-state index contributed by atoms with van der Waals surface area (Å²) in [6.07, 6.45) is 0. The molecular formula is C53H39N. The van der Waals surface area contributed by atoms with Gasteiger partial charge in [-0.25, -0.2) is 0 Å². The highest BCUT2D eigenvalue weighted by atomic mass is 15.1. The van der Waals surface area contributed by atoms with Crippen LogP contribution in [0.25, 0.3) is 66.1 Å². The molecule has 0 fully saturated rings. The van der Waals surface area contributed by atoms with Crippen LogP contribution in [0.3, 0.4) is 0 Å². The molecule has 0 bridgehead atoms. The molecule has 0 heterocycles. The minimum Gasteiger partial charge on any atom is -0.310 e. The van der Waals surface area contributed by atoms with Gasteiger partial charge < -0.3 is 4.90 Å². The van der Waals surface area contributed by atoms with Crippen LogP contribution in [0.5, 0.6) is 0 Å². The van der Waals surface area contributed by atoms with E-state index in [0.717, 1.165) is 17.1 Å². The molecule has 1 nitrogen and oxygen atoms in total. The Balaban J connectivity index is 1.26. The number of benzene rings is 9. The van der Waals surface area contributed by atoms with Crippen LogP contribution in [0.1, 0.15) is 25.0 Å². The number of nitrogens with zero attached hydrogens (tertiary/aromatic N) is 1. The van der Waals surface area contributed by atoms with E-state index < -0.39 is 0 Å². The second-order valence-corrected chi connectivity index (χ2v) is 14.9. The maximum Gasteiger partial charge on any atom is 0.0465 e. The van der Waals surface area contributed by atoms with E-state index in [4.69, 9.17) is 0 Å². The molecule has 54 heavy (non-hydrogen) atoms. The number of fused-ring (bicyclic) bond motifs is 5. The van der Waals surface area contributed by atoms with Gasteiger partial charge in [0.25, 0.3) is 0 Å². The maximum absolute atomic E-state index is 2.53. The predicted molar refractivity (Wildman–Crippen MR) is 230 cm³/mol. The SMILES string of the molecule is CC1(C)c2cc(N(c3ccccc3)c3ccccc3)ccc2-c2cc3c(-c4ccccc4)c4ccc(-c5ccccc5)cc4c(-c4ccccc4)c3cc21. The number of hydrogen-bond donors (Lipinski definition) is 0. The van der Waals surface area contributed by atoms with Crippen LogP contribution in [0.4, 0.5) is 17.1 Å². The third-order valence-corrected chi connectivity index (χ3v) is 11.4. The van der Waals surface area contributed by atoms with Crippen LogP contribution in [-0.4, -0.2) is 0 Å². The average Bonchev–Trinajstić information content (AvgIpc) is 3.45. The van der Waals surface area contributed by atoms with Gasteiger partial charge >= 0.3 is 0 Å². The van der Waals surface area contributed by atoms with Gasteiger partial charge in [0, 0.05) is 22.5 Å². The Morgan fingerprint density at radius 2 is 0.778 bits per heavy atom. The highest BCUT2D eigenvalue weighted by Crippen LogP contribution is 2.54. The zero-order valence-electron chi connectivity index (χ0n) is 30.5. The molecule has 9 aromatic rings. The molecule has 0 saturated carbocycles. The van der Waals surface area contributed by atoms with Gasteiger partial charge in [-0.2, -0.15) is 0 Å². The molecular weight excluding hydrogens is 651 g/mol. The monoisotopic (exact) mass is 689 g/mol. The van der Waals surface area contributed by atoms with Crippen molar-refractivity contribution >= 4 is 38.6 Å². The summed E-state index contributed by atoms with van der Waals surface area (Å²) in [4.78, 5) is 2.37. The molecule has 256 valence electrons. The Hall–Kier alpha value is -6.70. The van der Waals surface area contributed by atoms with Gasteiger partial charge in [0.2, 0.25) is 0 Å². The maximum atomic E-state index is 2.53. The van der Waals surface area contributed by atoms with Crippen LogP contribution in [-0.2, 0) is 5.41 Å². The summed E-state index contributed by atoms with van der Waals surface area (Å²) in [5.74, 6) is 0. The molecule has 0 unspecified atom stereocenters. The van der Waals surface area contributed by atoms with E-state index in [1.807, 2.05) is 0 Å². The highest BCUT2D eigenvalue weighted by molar-refractivity contribution is 6.23. The third kappa shape index (κ3) is 5.16. The van der Waals surface area contributed by atoms with Gasteiger partial charge in [-0.05, 0) is 132 Å². The predicted octanol–water partition coefficient (Wildman–Crippen LogP) is 14.8. The van der Waals surface area contributed by atoms with Crippen LogP contribution in [0, 0.1) is 0 Å². The Kier molecular flexibility index (Phi) is 7.56. The first-order chi connectivity index (χ1) is 26.6. The van der Waals surface area contributed by atoms with Crippen molar-refractivity contribution in [2.75, 3.05) is 4.90 Å². The van der Waals surface area contributed by atoms with Crippen LogP contribution < -0.4 is 4.90 Å². The van der Waals surface area contributed by atoms with Crippen LogP contribution >= 0.6 is 0 Å². The van der Waals surface area contributed by atoms with Gasteiger partial charge in [0.1, 0.15) is 0 Å². The van der Waals surface area contributed by atoms with Gasteiger partial charge in [0.15, 0.2) is 0 Å². The molecule has 0 aliphatic heterocycles. The fraction of sp³-hybridized carbons (Fsp3) is 0.0566. The first-order valence-corrected chi connectivity index (χ1v) is 18.9. The number of anilines is 3. The minimum atomic E-state index is -0.227. The summed E-state index contributed by atoms with van der Waals surface area (Å²) in [5.41, 5.74) is 16.0. The molecule has 10 rings (SSSR count). The zero-order valence-corrected chi connectivity index (χ0v) is 30.5. The van der Waals surface area contributed by atoms with Crippen LogP contribution in [0.15, 0.2) is 200 Å². The van der Waals surface area contributed by atoms with Crippen molar-refractivity contribution in [1.82, 2.24) is 0 Å². The third-order valence-electron chi connectivity index (χ3n) is 11.4. The van der Waals surface area contributed by atoms with Gasteiger partial charge in [-0.3, -0.25) is 0 Å². The average molecular weight is 690 g/mol. The van der Waals surface area contributed by atoms with Crippen molar-refractivity contribution in [1.29, 1.82) is 0 Å². The Labute approximate surface area is 317 Å². The zero-order chi connectivity index (χ0) is 36.2. The molecule has 0 radical (unpaired) electrons. The number of hydrogen-bond acceptors (Lipinski definition) is 1. The van der Waals surface area contributed by atoms with Gasteiger partial charge in [-0.15, -0.1) is 0 Å². The highest BCUT2D eigenvalue weighted by Gasteiger charge is 2.37. The molecule has 0 aromatic heterocycles. The fourth-order valence-corrected chi connectivity index (χ4v) is 8.82. The summed E-state index contributed by atoms with van der Waals surface area (Å²) in [5, 5.41) is 5.10. The summed E-state index contributed by atoms with van der Waals surface area (Å²) in [6, 6.07) is 73.3. The lowest BCUT2D eigenvalue weighted by Crippen LogP contribution is -2.16. The largest absolute Gasteiger partial charge is 0.310 e. The summed E-state index contributed by atoms with van der Waals surface area (Å²) in [7, 11) is 0. The lowest BCUT2D eigenvalue weighted by atomic mass is 9.79. The van der Waals surface area contributed by atoms with E-state index in [-0.39, 0.29) is 5.41 Å². The van der Waals surface area contributed by atoms with Crippen molar-refractivity contribution in [2.45, 2.75) is 19.3 Å². The second kappa shape index (κ2) is 12.8. The first-order valence-electron chi connectivity index (χ1n) is 18.9. The molecule has 0 N–H and O–H groups in total. The van der Waals surface area contributed by atoms with Crippen molar-refractivity contribution in [3.8, 4) is 44.5 Å². The van der Waals surface area contributed by atoms with E-state index in [2.05, 4.69) is 219 Å².